The Morgan fingerprint density at radius 1 is 0.964 bits per heavy atom. The van der Waals surface area contributed by atoms with E-state index in [-0.39, 0.29) is 11.1 Å². The summed E-state index contributed by atoms with van der Waals surface area (Å²) in [7, 11) is -2.46. The Hall–Kier alpha value is -1.42. The van der Waals surface area contributed by atoms with Gasteiger partial charge < -0.3 is 9.74 Å². The summed E-state index contributed by atoms with van der Waals surface area (Å²) >= 11 is 0. The summed E-state index contributed by atoms with van der Waals surface area (Å²) in [5.41, 5.74) is 0. The molecule has 0 bridgehead atoms. The minimum absolute atomic E-state index is 0.0441. The molecule has 0 spiro atoms. The first kappa shape index (κ1) is 21.3. The molecule has 0 amide bonds. The van der Waals surface area contributed by atoms with Gasteiger partial charge in [-0.05, 0) is 41.2 Å². The number of hydrogen-bond donors (Lipinski definition) is 1. The lowest BCUT2D eigenvalue weighted by Crippen LogP contribution is -2.69. The van der Waals surface area contributed by atoms with Crippen molar-refractivity contribution in [1.29, 1.82) is 0 Å². The van der Waals surface area contributed by atoms with Crippen LogP contribution in [0.15, 0.2) is 60.7 Å². The van der Waals surface area contributed by atoms with Crippen LogP contribution in [0, 0.1) is 0 Å². The predicted molar refractivity (Wildman–Crippen MR) is 123 cm³/mol. The lowest BCUT2D eigenvalue weighted by molar-refractivity contribution is 0.104. The molecule has 152 valence electrons. The Kier molecular flexibility index (Phi) is 7.13. The zero-order valence-corrected chi connectivity index (χ0v) is 19.1. The minimum Gasteiger partial charge on any atom is -0.403 e. The second kappa shape index (κ2) is 9.38. The molecule has 0 radical (unpaired) electrons. The van der Waals surface area contributed by atoms with Crippen LogP contribution in [0.5, 0.6) is 0 Å². The van der Waals surface area contributed by atoms with Gasteiger partial charge in [0.15, 0.2) is 0 Å². The van der Waals surface area contributed by atoms with Gasteiger partial charge in [0.2, 0.25) is 0 Å². The van der Waals surface area contributed by atoms with Crippen LogP contribution in [0.3, 0.4) is 0 Å². The van der Waals surface area contributed by atoms with Gasteiger partial charge in [0, 0.05) is 6.04 Å². The van der Waals surface area contributed by atoms with Crippen molar-refractivity contribution in [2.75, 3.05) is 6.54 Å². The fourth-order valence-electron chi connectivity index (χ4n) is 4.69. The molecule has 2 aromatic carbocycles. The van der Waals surface area contributed by atoms with Crippen LogP contribution in [0.4, 0.5) is 0 Å². The summed E-state index contributed by atoms with van der Waals surface area (Å²) in [5, 5.41) is 6.59. The van der Waals surface area contributed by atoms with Gasteiger partial charge in [0.25, 0.3) is 8.32 Å². The van der Waals surface area contributed by atoms with Gasteiger partial charge in [0.05, 0.1) is 6.10 Å². The number of benzene rings is 2. The molecule has 1 heterocycles. The summed E-state index contributed by atoms with van der Waals surface area (Å²) in [6, 6.07) is 22.5. The molecule has 1 aliphatic heterocycles. The van der Waals surface area contributed by atoms with Crippen molar-refractivity contribution in [3.8, 4) is 0 Å². The molecule has 1 N–H and O–H groups in total. The van der Waals surface area contributed by atoms with E-state index in [4.69, 9.17) is 4.43 Å². The molecule has 0 saturated carbocycles. The van der Waals surface area contributed by atoms with Gasteiger partial charge in [-0.3, -0.25) is 0 Å². The van der Waals surface area contributed by atoms with E-state index in [1.165, 1.54) is 36.1 Å². The van der Waals surface area contributed by atoms with Crippen molar-refractivity contribution in [3.63, 3.8) is 0 Å². The van der Waals surface area contributed by atoms with Crippen LogP contribution in [-0.4, -0.2) is 27.0 Å². The Labute approximate surface area is 172 Å². The molecular weight excluding hydrogens is 358 g/mol. The van der Waals surface area contributed by atoms with Crippen molar-refractivity contribution in [2.24, 2.45) is 0 Å². The molecule has 0 aliphatic carbocycles. The number of piperidine rings is 1. The van der Waals surface area contributed by atoms with Crippen molar-refractivity contribution in [1.82, 2.24) is 5.32 Å². The molecule has 28 heavy (non-hydrogen) atoms. The molecule has 0 aromatic heterocycles. The highest BCUT2D eigenvalue weighted by molar-refractivity contribution is 6.99. The van der Waals surface area contributed by atoms with E-state index < -0.39 is 8.32 Å². The van der Waals surface area contributed by atoms with E-state index in [0.717, 1.165) is 13.0 Å². The van der Waals surface area contributed by atoms with Crippen LogP contribution in [-0.2, 0) is 4.43 Å². The molecule has 3 heteroatoms. The molecule has 2 aromatic rings. The summed E-state index contributed by atoms with van der Waals surface area (Å²) in [5.74, 6) is 0. The number of hydrogen-bond acceptors (Lipinski definition) is 2. The van der Waals surface area contributed by atoms with Gasteiger partial charge in [-0.2, -0.15) is 0 Å². The maximum atomic E-state index is 7.40. The van der Waals surface area contributed by atoms with E-state index in [1.807, 2.05) is 0 Å². The third kappa shape index (κ3) is 4.42. The normalized spacial score (nSPS) is 20.9. The largest absolute Gasteiger partial charge is 0.403 e. The summed E-state index contributed by atoms with van der Waals surface area (Å²) in [6.45, 7) is 10.5. The second-order valence-corrected chi connectivity index (χ2v) is 13.4. The summed E-state index contributed by atoms with van der Waals surface area (Å²) in [4.78, 5) is 0. The van der Waals surface area contributed by atoms with Gasteiger partial charge in [-0.15, -0.1) is 0 Å². The van der Waals surface area contributed by atoms with Crippen LogP contribution in [0.1, 0.15) is 59.8 Å². The van der Waals surface area contributed by atoms with Gasteiger partial charge in [0.1, 0.15) is 0 Å². The van der Waals surface area contributed by atoms with Crippen LogP contribution >= 0.6 is 0 Å². The minimum atomic E-state index is -2.46. The lowest BCUT2D eigenvalue weighted by atomic mass is 9.97. The molecule has 3 rings (SSSR count). The quantitative estimate of drug-likeness (QED) is 0.675. The van der Waals surface area contributed by atoms with Crippen LogP contribution in [0.25, 0.3) is 0 Å². The lowest BCUT2D eigenvalue weighted by Gasteiger charge is -2.47. The third-order valence-electron chi connectivity index (χ3n) is 6.13. The maximum Gasteiger partial charge on any atom is 0.261 e. The smallest absolute Gasteiger partial charge is 0.261 e. The topological polar surface area (TPSA) is 21.3 Å². The van der Waals surface area contributed by atoms with E-state index in [9.17, 15) is 0 Å². The highest BCUT2D eigenvalue weighted by Crippen LogP contribution is 2.38. The van der Waals surface area contributed by atoms with E-state index >= 15 is 0 Å². The second-order valence-electron chi connectivity index (χ2n) is 9.16. The molecule has 1 fully saturated rings. The van der Waals surface area contributed by atoms with Gasteiger partial charge >= 0.3 is 0 Å². The molecule has 1 aliphatic rings. The Bertz CT molecular complexity index is 671. The fraction of sp³-hybridized carbons (Fsp3) is 0.520. The average molecular weight is 396 g/mol. The predicted octanol–water partition coefficient (Wildman–Crippen LogP) is 4.87. The SMILES string of the molecule is CCCC[C@H]1NCCC[C@@H]1O[Si](c1ccccc1)(c1ccccc1)C(C)(C)C. The van der Waals surface area contributed by atoms with Crippen molar-refractivity contribution >= 4 is 18.7 Å². The standard InChI is InChI=1S/C25H37NOSi/c1-5-6-18-23-24(19-13-20-26-23)27-28(25(2,3)4,21-14-9-7-10-15-21)22-16-11-8-12-17-22/h7-12,14-17,23-24,26H,5-6,13,18-20H2,1-4H3/t23-,24+/m1/s1. The fourth-order valence-corrected chi connectivity index (χ4v) is 9.45. The maximum absolute atomic E-state index is 7.40. The van der Waals surface area contributed by atoms with Gasteiger partial charge in [-0.25, -0.2) is 0 Å². The highest BCUT2D eigenvalue weighted by Gasteiger charge is 2.52. The summed E-state index contributed by atoms with van der Waals surface area (Å²) < 4.78 is 7.40. The van der Waals surface area contributed by atoms with Crippen molar-refractivity contribution in [3.05, 3.63) is 60.7 Å². The average Bonchev–Trinajstić information content (AvgIpc) is 2.71. The number of rotatable bonds is 7. The number of nitrogens with one attached hydrogen (secondary N) is 1. The van der Waals surface area contributed by atoms with Gasteiger partial charge in [-0.1, -0.05) is 101 Å². The Morgan fingerprint density at radius 2 is 1.54 bits per heavy atom. The molecule has 2 atom stereocenters. The molecular formula is C25H37NOSi. The first-order chi connectivity index (χ1) is 13.5. The van der Waals surface area contributed by atoms with Crippen molar-refractivity contribution in [2.45, 2.75) is 77.0 Å². The molecule has 1 saturated heterocycles. The first-order valence-corrected chi connectivity index (χ1v) is 12.9. The van der Waals surface area contributed by atoms with Crippen LogP contribution in [0.2, 0.25) is 5.04 Å². The third-order valence-corrected chi connectivity index (χ3v) is 11.2. The van der Waals surface area contributed by atoms with E-state index in [2.05, 4.69) is 93.7 Å². The monoisotopic (exact) mass is 395 g/mol. The number of unbranched alkanes of at least 4 members (excludes halogenated alkanes) is 1. The van der Waals surface area contributed by atoms with E-state index in [1.54, 1.807) is 0 Å². The van der Waals surface area contributed by atoms with E-state index in [0.29, 0.717) is 6.04 Å². The zero-order chi connectivity index (χ0) is 20.0. The summed E-state index contributed by atoms with van der Waals surface area (Å²) in [6.07, 6.45) is 6.35. The highest BCUT2D eigenvalue weighted by atomic mass is 28.4. The molecule has 0 unspecified atom stereocenters. The van der Waals surface area contributed by atoms with Crippen LogP contribution < -0.4 is 15.7 Å². The Morgan fingerprint density at radius 3 is 2.04 bits per heavy atom. The van der Waals surface area contributed by atoms with Crippen molar-refractivity contribution < 1.29 is 4.43 Å². The first-order valence-electron chi connectivity index (χ1n) is 11.0. The molecule has 2 nitrogen and oxygen atoms in total. The zero-order valence-electron chi connectivity index (χ0n) is 18.1. The Balaban J connectivity index is 2.07.